The SMILES string of the molecule is CCOC(=O)[C@@H]1CSCN1C. The first-order chi connectivity index (χ1) is 5.25. The third-order valence-corrected chi connectivity index (χ3v) is 2.80. The number of likely N-dealkylation sites (N-methyl/N-ethyl adjacent to an activating group) is 1. The monoisotopic (exact) mass is 175 g/mol. The van der Waals surface area contributed by atoms with Crippen molar-refractivity contribution in [1.82, 2.24) is 4.90 Å². The molecule has 4 heteroatoms. The molecular weight excluding hydrogens is 162 g/mol. The normalized spacial score (nSPS) is 25.5. The molecule has 1 aliphatic rings. The molecule has 0 spiro atoms. The Morgan fingerprint density at radius 1 is 1.82 bits per heavy atom. The third-order valence-electron chi connectivity index (χ3n) is 1.66. The molecule has 0 aromatic carbocycles. The summed E-state index contributed by atoms with van der Waals surface area (Å²) >= 11 is 1.77. The highest BCUT2D eigenvalue weighted by molar-refractivity contribution is 7.99. The van der Waals surface area contributed by atoms with Crippen LogP contribution in [0.5, 0.6) is 0 Å². The van der Waals surface area contributed by atoms with Gasteiger partial charge in [0.2, 0.25) is 0 Å². The molecule has 3 nitrogen and oxygen atoms in total. The Labute approximate surface area is 71.1 Å². The van der Waals surface area contributed by atoms with Gasteiger partial charge >= 0.3 is 5.97 Å². The van der Waals surface area contributed by atoms with Gasteiger partial charge in [-0.15, -0.1) is 11.8 Å². The van der Waals surface area contributed by atoms with Crippen molar-refractivity contribution in [2.45, 2.75) is 13.0 Å². The van der Waals surface area contributed by atoms with Crippen LogP contribution in [0.25, 0.3) is 0 Å². The fourth-order valence-electron chi connectivity index (χ4n) is 1.01. The Balaban J connectivity index is 2.39. The lowest BCUT2D eigenvalue weighted by molar-refractivity contribution is -0.147. The van der Waals surface area contributed by atoms with Gasteiger partial charge in [-0.05, 0) is 14.0 Å². The first-order valence-electron chi connectivity index (χ1n) is 3.70. The highest BCUT2D eigenvalue weighted by Crippen LogP contribution is 2.19. The molecule has 0 amide bonds. The van der Waals surface area contributed by atoms with E-state index in [0.717, 1.165) is 11.6 Å². The van der Waals surface area contributed by atoms with Gasteiger partial charge in [0.15, 0.2) is 0 Å². The topological polar surface area (TPSA) is 29.5 Å². The van der Waals surface area contributed by atoms with Crippen LogP contribution in [0.15, 0.2) is 0 Å². The molecule has 1 saturated heterocycles. The van der Waals surface area contributed by atoms with E-state index in [9.17, 15) is 4.79 Å². The average molecular weight is 175 g/mol. The molecule has 0 unspecified atom stereocenters. The lowest BCUT2D eigenvalue weighted by Crippen LogP contribution is -2.36. The molecule has 0 saturated carbocycles. The minimum atomic E-state index is -0.0833. The number of carbonyl (C=O) groups is 1. The fraction of sp³-hybridized carbons (Fsp3) is 0.857. The van der Waals surface area contributed by atoms with Crippen molar-refractivity contribution in [2.24, 2.45) is 0 Å². The van der Waals surface area contributed by atoms with Crippen LogP contribution >= 0.6 is 11.8 Å². The molecule has 11 heavy (non-hydrogen) atoms. The number of nitrogens with zero attached hydrogens (tertiary/aromatic N) is 1. The summed E-state index contributed by atoms with van der Waals surface area (Å²) in [7, 11) is 1.95. The van der Waals surface area contributed by atoms with Crippen molar-refractivity contribution < 1.29 is 9.53 Å². The predicted octanol–water partition coefficient (Wildman–Crippen LogP) is 0.554. The summed E-state index contributed by atoms with van der Waals surface area (Å²) in [6.45, 7) is 2.31. The van der Waals surface area contributed by atoms with Crippen molar-refractivity contribution in [1.29, 1.82) is 0 Å². The second kappa shape index (κ2) is 3.97. The minimum Gasteiger partial charge on any atom is -0.465 e. The van der Waals surface area contributed by atoms with E-state index in [1.807, 2.05) is 18.9 Å². The maximum atomic E-state index is 11.2. The van der Waals surface area contributed by atoms with E-state index in [0.29, 0.717) is 6.61 Å². The largest absolute Gasteiger partial charge is 0.465 e. The Kier molecular flexibility index (Phi) is 3.20. The Hall–Kier alpha value is -0.220. The molecule has 0 bridgehead atoms. The Morgan fingerprint density at radius 2 is 2.55 bits per heavy atom. The van der Waals surface area contributed by atoms with E-state index in [4.69, 9.17) is 4.74 Å². The van der Waals surface area contributed by atoms with E-state index in [1.54, 1.807) is 11.8 Å². The molecule has 1 atom stereocenters. The van der Waals surface area contributed by atoms with E-state index in [-0.39, 0.29) is 12.0 Å². The molecule has 1 aliphatic heterocycles. The molecule has 0 aliphatic carbocycles. The molecule has 0 aromatic rings. The summed E-state index contributed by atoms with van der Waals surface area (Å²) in [4.78, 5) is 13.2. The van der Waals surface area contributed by atoms with Crippen molar-refractivity contribution in [3.05, 3.63) is 0 Å². The number of hydrogen-bond acceptors (Lipinski definition) is 4. The summed E-state index contributed by atoms with van der Waals surface area (Å²) in [6, 6.07) is -0.0139. The molecule has 0 N–H and O–H groups in total. The zero-order chi connectivity index (χ0) is 8.27. The first kappa shape index (κ1) is 8.87. The molecule has 1 fully saturated rings. The Morgan fingerprint density at radius 3 is 3.00 bits per heavy atom. The highest BCUT2D eigenvalue weighted by Gasteiger charge is 2.29. The third kappa shape index (κ3) is 2.10. The molecule has 0 aromatic heterocycles. The van der Waals surface area contributed by atoms with E-state index >= 15 is 0 Å². The van der Waals surface area contributed by atoms with Crippen LogP contribution in [0.2, 0.25) is 0 Å². The van der Waals surface area contributed by atoms with Crippen molar-refractivity contribution in [3.8, 4) is 0 Å². The fourth-order valence-corrected chi connectivity index (χ4v) is 2.20. The van der Waals surface area contributed by atoms with Crippen molar-refractivity contribution in [3.63, 3.8) is 0 Å². The second-order valence-electron chi connectivity index (χ2n) is 2.52. The van der Waals surface area contributed by atoms with Crippen molar-refractivity contribution in [2.75, 3.05) is 25.3 Å². The van der Waals surface area contributed by atoms with Crippen LogP contribution in [-0.2, 0) is 9.53 Å². The minimum absolute atomic E-state index is 0.0139. The zero-order valence-electron chi connectivity index (χ0n) is 6.87. The van der Waals surface area contributed by atoms with Gasteiger partial charge in [0.25, 0.3) is 0 Å². The number of esters is 1. The summed E-state index contributed by atoms with van der Waals surface area (Å²) in [5.41, 5.74) is 0. The first-order valence-corrected chi connectivity index (χ1v) is 4.85. The van der Waals surface area contributed by atoms with Gasteiger partial charge in [0.1, 0.15) is 6.04 Å². The lowest BCUT2D eigenvalue weighted by Gasteiger charge is -2.15. The van der Waals surface area contributed by atoms with Crippen LogP contribution in [0.1, 0.15) is 6.92 Å². The van der Waals surface area contributed by atoms with Gasteiger partial charge in [-0.3, -0.25) is 9.69 Å². The average Bonchev–Trinajstić information content (AvgIpc) is 2.36. The van der Waals surface area contributed by atoms with Gasteiger partial charge in [-0.2, -0.15) is 0 Å². The summed E-state index contributed by atoms with van der Waals surface area (Å²) in [5.74, 6) is 1.72. The zero-order valence-corrected chi connectivity index (χ0v) is 7.69. The Bertz CT molecular complexity index is 151. The summed E-state index contributed by atoms with van der Waals surface area (Å²) < 4.78 is 4.90. The van der Waals surface area contributed by atoms with Crippen molar-refractivity contribution >= 4 is 17.7 Å². The predicted molar refractivity (Wildman–Crippen MR) is 45.5 cm³/mol. The van der Waals surface area contributed by atoms with Crippen LogP contribution in [0.4, 0.5) is 0 Å². The highest BCUT2D eigenvalue weighted by atomic mass is 32.2. The maximum Gasteiger partial charge on any atom is 0.324 e. The smallest absolute Gasteiger partial charge is 0.324 e. The quantitative estimate of drug-likeness (QED) is 0.573. The second-order valence-corrected chi connectivity index (χ2v) is 3.52. The maximum absolute atomic E-state index is 11.2. The van der Waals surface area contributed by atoms with Gasteiger partial charge in [0, 0.05) is 11.6 Å². The van der Waals surface area contributed by atoms with Gasteiger partial charge in [-0.1, -0.05) is 0 Å². The molecule has 0 radical (unpaired) electrons. The lowest BCUT2D eigenvalue weighted by atomic mass is 10.3. The van der Waals surface area contributed by atoms with Crippen LogP contribution in [-0.4, -0.2) is 42.2 Å². The van der Waals surface area contributed by atoms with Crippen LogP contribution < -0.4 is 0 Å². The number of ether oxygens (including phenoxy) is 1. The molecule has 1 rings (SSSR count). The number of thioether (sulfide) groups is 1. The van der Waals surface area contributed by atoms with Crippen LogP contribution in [0, 0.1) is 0 Å². The molecule has 1 heterocycles. The number of hydrogen-bond donors (Lipinski definition) is 0. The number of carbonyl (C=O) groups excluding carboxylic acids is 1. The van der Waals surface area contributed by atoms with E-state index in [1.165, 1.54) is 0 Å². The van der Waals surface area contributed by atoms with Gasteiger partial charge < -0.3 is 4.74 Å². The molecular formula is C7H13NO2S. The summed E-state index contributed by atoms with van der Waals surface area (Å²) in [6.07, 6.45) is 0. The van der Waals surface area contributed by atoms with Crippen LogP contribution in [0.3, 0.4) is 0 Å². The van der Waals surface area contributed by atoms with Gasteiger partial charge in [0.05, 0.1) is 6.61 Å². The van der Waals surface area contributed by atoms with E-state index in [2.05, 4.69) is 0 Å². The molecule has 64 valence electrons. The number of rotatable bonds is 2. The van der Waals surface area contributed by atoms with E-state index < -0.39 is 0 Å². The van der Waals surface area contributed by atoms with Gasteiger partial charge in [-0.25, -0.2) is 0 Å². The standard InChI is InChI=1S/C7H13NO2S/c1-3-10-7(9)6-4-11-5-8(6)2/h6H,3-5H2,1-2H3/t6-/m0/s1. The summed E-state index contributed by atoms with van der Waals surface area (Å²) in [5, 5.41) is 0.